The molecule has 0 aliphatic carbocycles. The average molecular weight is 258 g/mol. The van der Waals surface area contributed by atoms with E-state index >= 15 is 0 Å². The Morgan fingerprint density at radius 2 is 1.16 bits per heavy atom. The number of rotatable bonds is 4. The van der Waals surface area contributed by atoms with Crippen LogP contribution in [0.5, 0.6) is 5.75 Å². The molecule has 0 atom stereocenters. The number of hydrogen-bond donors (Lipinski definition) is 3. The van der Waals surface area contributed by atoms with Gasteiger partial charge in [0.1, 0.15) is 5.75 Å². The topological polar surface area (TPSA) is 72.3 Å². The summed E-state index contributed by atoms with van der Waals surface area (Å²) in [5.74, 6) is 0.306. The van der Waals surface area contributed by atoms with Gasteiger partial charge in [0.2, 0.25) is 0 Å². The first-order valence-electron chi connectivity index (χ1n) is 6.48. The molecule has 0 aromatic heterocycles. The molecule has 0 aliphatic rings. The summed E-state index contributed by atoms with van der Waals surface area (Å²) in [6, 6.07) is 17.4. The summed E-state index contributed by atoms with van der Waals surface area (Å²) < 4.78 is 0. The standard InChI is InChI=1S/C8H11NO.C8H11N/c9-6-5-7-1-3-8(10)4-2-7;9-7-6-8-4-2-1-3-5-8/h1-4,10H,5-6,9H2;1-5H,6-7,9H2. The maximum atomic E-state index is 8.89. The maximum Gasteiger partial charge on any atom is 0.115 e. The molecule has 2 aromatic carbocycles. The Morgan fingerprint density at radius 1 is 0.684 bits per heavy atom. The second-order valence-electron chi connectivity index (χ2n) is 4.23. The van der Waals surface area contributed by atoms with E-state index < -0.39 is 0 Å². The third-order valence-corrected chi connectivity index (χ3v) is 2.65. The molecular formula is C16H22N2O. The SMILES string of the molecule is NCCc1ccc(O)cc1.NCCc1ccccc1. The smallest absolute Gasteiger partial charge is 0.115 e. The summed E-state index contributed by atoms with van der Waals surface area (Å²) in [4.78, 5) is 0. The molecule has 0 bridgehead atoms. The Balaban J connectivity index is 0.000000191. The maximum absolute atomic E-state index is 8.89. The Kier molecular flexibility index (Phi) is 7.32. The quantitative estimate of drug-likeness (QED) is 0.786. The highest BCUT2D eigenvalue weighted by molar-refractivity contribution is 5.25. The van der Waals surface area contributed by atoms with Gasteiger partial charge in [0, 0.05) is 0 Å². The Morgan fingerprint density at radius 3 is 1.63 bits per heavy atom. The van der Waals surface area contributed by atoms with Crippen molar-refractivity contribution in [1.82, 2.24) is 0 Å². The van der Waals surface area contributed by atoms with Crippen molar-refractivity contribution in [2.45, 2.75) is 12.8 Å². The van der Waals surface area contributed by atoms with E-state index in [1.165, 1.54) is 11.1 Å². The lowest BCUT2D eigenvalue weighted by atomic mass is 10.1. The van der Waals surface area contributed by atoms with Gasteiger partial charge in [-0.2, -0.15) is 0 Å². The van der Waals surface area contributed by atoms with Crippen LogP contribution in [0.2, 0.25) is 0 Å². The molecule has 0 unspecified atom stereocenters. The molecule has 0 saturated carbocycles. The molecule has 102 valence electrons. The van der Waals surface area contributed by atoms with Crippen LogP contribution in [0.4, 0.5) is 0 Å². The molecule has 0 heterocycles. The Bertz CT molecular complexity index is 440. The first-order chi connectivity index (χ1) is 9.26. The van der Waals surface area contributed by atoms with Crippen LogP contribution in [0.1, 0.15) is 11.1 Å². The van der Waals surface area contributed by atoms with Crippen LogP contribution in [0.15, 0.2) is 54.6 Å². The van der Waals surface area contributed by atoms with Crippen LogP contribution in [-0.2, 0) is 12.8 Å². The Hall–Kier alpha value is -1.84. The number of phenols is 1. The summed E-state index contributed by atoms with van der Waals surface area (Å²) in [7, 11) is 0. The van der Waals surface area contributed by atoms with Crippen molar-refractivity contribution in [3.8, 4) is 5.75 Å². The third-order valence-electron chi connectivity index (χ3n) is 2.65. The van der Waals surface area contributed by atoms with Crippen molar-refractivity contribution >= 4 is 0 Å². The van der Waals surface area contributed by atoms with Crippen molar-refractivity contribution in [1.29, 1.82) is 0 Å². The fourth-order valence-corrected chi connectivity index (χ4v) is 1.64. The lowest BCUT2D eigenvalue weighted by molar-refractivity contribution is 0.475. The van der Waals surface area contributed by atoms with Crippen molar-refractivity contribution in [2.75, 3.05) is 13.1 Å². The molecule has 0 saturated heterocycles. The molecule has 3 nitrogen and oxygen atoms in total. The Labute approximate surface area is 114 Å². The molecular weight excluding hydrogens is 236 g/mol. The molecule has 0 spiro atoms. The van der Waals surface area contributed by atoms with Crippen LogP contribution < -0.4 is 11.5 Å². The highest BCUT2D eigenvalue weighted by Gasteiger charge is 1.89. The molecule has 0 radical (unpaired) electrons. The van der Waals surface area contributed by atoms with E-state index in [2.05, 4.69) is 12.1 Å². The molecule has 0 amide bonds. The normalized spacial score (nSPS) is 9.58. The van der Waals surface area contributed by atoms with Crippen molar-refractivity contribution < 1.29 is 5.11 Å². The molecule has 0 aliphatic heterocycles. The van der Waals surface area contributed by atoms with Gasteiger partial charge >= 0.3 is 0 Å². The minimum absolute atomic E-state index is 0.306. The summed E-state index contributed by atoms with van der Waals surface area (Å²) in [5, 5.41) is 8.89. The molecule has 0 fully saturated rings. The lowest BCUT2D eigenvalue weighted by Gasteiger charge is -1.96. The van der Waals surface area contributed by atoms with Gasteiger partial charge in [0.25, 0.3) is 0 Å². The average Bonchev–Trinajstić information content (AvgIpc) is 2.44. The fraction of sp³-hybridized carbons (Fsp3) is 0.250. The lowest BCUT2D eigenvalue weighted by Crippen LogP contribution is -2.01. The summed E-state index contributed by atoms with van der Waals surface area (Å²) in [6.07, 6.45) is 1.86. The number of aromatic hydroxyl groups is 1. The summed E-state index contributed by atoms with van der Waals surface area (Å²) in [6.45, 7) is 1.40. The van der Waals surface area contributed by atoms with Gasteiger partial charge in [-0.1, -0.05) is 42.5 Å². The first-order valence-corrected chi connectivity index (χ1v) is 6.48. The molecule has 2 aromatic rings. The van der Waals surface area contributed by atoms with Crippen LogP contribution >= 0.6 is 0 Å². The predicted molar refractivity (Wildman–Crippen MR) is 80.1 cm³/mol. The third kappa shape index (κ3) is 6.60. The zero-order valence-corrected chi connectivity index (χ0v) is 11.1. The van der Waals surface area contributed by atoms with Crippen molar-refractivity contribution in [2.24, 2.45) is 11.5 Å². The summed E-state index contributed by atoms with van der Waals surface area (Å²) in [5.41, 5.74) is 13.2. The predicted octanol–water partition coefficient (Wildman–Crippen LogP) is 2.08. The molecule has 5 N–H and O–H groups in total. The van der Waals surface area contributed by atoms with E-state index in [9.17, 15) is 0 Å². The monoisotopic (exact) mass is 258 g/mol. The van der Waals surface area contributed by atoms with Gasteiger partial charge in [-0.05, 0) is 49.2 Å². The minimum atomic E-state index is 0.306. The molecule has 3 heteroatoms. The second kappa shape index (κ2) is 9.14. The second-order valence-corrected chi connectivity index (χ2v) is 4.23. The molecule has 2 rings (SSSR count). The van der Waals surface area contributed by atoms with E-state index in [-0.39, 0.29) is 0 Å². The van der Waals surface area contributed by atoms with Gasteiger partial charge in [0.15, 0.2) is 0 Å². The van der Waals surface area contributed by atoms with Crippen molar-refractivity contribution in [3.05, 3.63) is 65.7 Å². The first kappa shape index (κ1) is 15.2. The number of hydrogen-bond acceptors (Lipinski definition) is 3. The summed E-state index contributed by atoms with van der Waals surface area (Å²) >= 11 is 0. The van der Waals surface area contributed by atoms with E-state index in [0.29, 0.717) is 12.3 Å². The van der Waals surface area contributed by atoms with Gasteiger partial charge in [-0.15, -0.1) is 0 Å². The zero-order valence-electron chi connectivity index (χ0n) is 11.1. The highest BCUT2D eigenvalue weighted by Crippen LogP contribution is 2.09. The molecule has 19 heavy (non-hydrogen) atoms. The van der Waals surface area contributed by atoms with Crippen LogP contribution in [-0.4, -0.2) is 18.2 Å². The number of phenolic OH excluding ortho intramolecular Hbond substituents is 1. The zero-order chi connectivity index (χ0) is 13.9. The van der Waals surface area contributed by atoms with Gasteiger partial charge in [-0.3, -0.25) is 0 Å². The van der Waals surface area contributed by atoms with E-state index in [0.717, 1.165) is 19.4 Å². The van der Waals surface area contributed by atoms with Gasteiger partial charge < -0.3 is 16.6 Å². The van der Waals surface area contributed by atoms with Crippen molar-refractivity contribution in [3.63, 3.8) is 0 Å². The fourth-order valence-electron chi connectivity index (χ4n) is 1.64. The number of nitrogens with two attached hydrogens (primary N) is 2. The van der Waals surface area contributed by atoms with Gasteiger partial charge in [0.05, 0.1) is 0 Å². The van der Waals surface area contributed by atoms with Crippen LogP contribution in [0.3, 0.4) is 0 Å². The van der Waals surface area contributed by atoms with E-state index in [4.69, 9.17) is 16.6 Å². The van der Waals surface area contributed by atoms with E-state index in [1.54, 1.807) is 12.1 Å². The largest absolute Gasteiger partial charge is 0.508 e. The van der Waals surface area contributed by atoms with Crippen LogP contribution in [0, 0.1) is 0 Å². The number of benzene rings is 2. The minimum Gasteiger partial charge on any atom is -0.508 e. The van der Waals surface area contributed by atoms with Crippen LogP contribution in [0.25, 0.3) is 0 Å². The van der Waals surface area contributed by atoms with Gasteiger partial charge in [-0.25, -0.2) is 0 Å². The van der Waals surface area contributed by atoms with E-state index in [1.807, 2.05) is 30.3 Å². The highest BCUT2D eigenvalue weighted by atomic mass is 16.3.